The molecule has 5 rings (SSSR count). The van der Waals surface area contributed by atoms with Gasteiger partial charge in [0.1, 0.15) is 5.75 Å². The second-order valence-corrected chi connectivity index (χ2v) is 8.28. The molecule has 2 aliphatic heterocycles. The zero-order valence-corrected chi connectivity index (χ0v) is 18.3. The molecule has 0 bridgehead atoms. The number of hydrogen-bond donors (Lipinski definition) is 1. The third kappa shape index (κ3) is 3.79. The van der Waals surface area contributed by atoms with Crippen LogP contribution in [0.3, 0.4) is 0 Å². The molecule has 4 heterocycles. The monoisotopic (exact) mass is 434 g/mol. The number of pyridine rings is 1. The lowest BCUT2D eigenvalue weighted by Gasteiger charge is -2.30. The van der Waals surface area contributed by atoms with Gasteiger partial charge in [0.05, 0.1) is 36.7 Å². The molecule has 0 amide bonds. The number of nitrogens with zero attached hydrogens (tertiary/aromatic N) is 3. The summed E-state index contributed by atoms with van der Waals surface area (Å²) in [5.74, 6) is 0.827. The van der Waals surface area contributed by atoms with Crippen molar-refractivity contribution < 1.29 is 9.47 Å². The highest BCUT2D eigenvalue weighted by Crippen LogP contribution is 2.41. The molecule has 2 aromatic heterocycles. The maximum absolute atomic E-state index is 5.95. The van der Waals surface area contributed by atoms with Gasteiger partial charge >= 0.3 is 0 Å². The maximum Gasteiger partial charge on any atom is 0.170 e. The van der Waals surface area contributed by atoms with Crippen LogP contribution in [-0.2, 0) is 4.74 Å². The van der Waals surface area contributed by atoms with Crippen molar-refractivity contribution >= 4 is 17.3 Å². The van der Waals surface area contributed by atoms with Crippen LogP contribution in [0.2, 0.25) is 0 Å². The van der Waals surface area contributed by atoms with Gasteiger partial charge in [-0.05, 0) is 61.5 Å². The Morgan fingerprint density at radius 3 is 2.81 bits per heavy atom. The largest absolute Gasteiger partial charge is 0.495 e. The number of methoxy groups -OCH3 is 1. The van der Waals surface area contributed by atoms with Crippen molar-refractivity contribution in [2.45, 2.75) is 31.0 Å². The van der Waals surface area contributed by atoms with Crippen molar-refractivity contribution in [3.8, 4) is 11.4 Å². The van der Waals surface area contributed by atoms with Crippen LogP contribution in [0.15, 0.2) is 67.0 Å². The average molecular weight is 435 g/mol. The van der Waals surface area contributed by atoms with E-state index >= 15 is 0 Å². The quantitative estimate of drug-likeness (QED) is 0.591. The Labute approximate surface area is 187 Å². The van der Waals surface area contributed by atoms with Gasteiger partial charge in [0.15, 0.2) is 5.11 Å². The second-order valence-electron chi connectivity index (χ2n) is 7.89. The second kappa shape index (κ2) is 8.69. The molecular weight excluding hydrogens is 408 g/mol. The third-order valence-corrected chi connectivity index (χ3v) is 6.40. The van der Waals surface area contributed by atoms with Crippen LogP contribution in [0.25, 0.3) is 5.69 Å². The molecule has 0 unspecified atom stereocenters. The Bertz CT molecular complexity index is 1050. The van der Waals surface area contributed by atoms with Gasteiger partial charge in [-0.15, -0.1) is 0 Å². The van der Waals surface area contributed by atoms with E-state index in [-0.39, 0.29) is 18.2 Å². The Morgan fingerprint density at radius 1 is 1.16 bits per heavy atom. The summed E-state index contributed by atoms with van der Waals surface area (Å²) >= 11 is 5.81. The van der Waals surface area contributed by atoms with E-state index in [1.54, 1.807) is 7.11 Å². The molecule has 0 spiro atoms. The molecule has 3 atom stereocenters. The van der Waals surface area contributed by atoms with Crippen molar-refractivity contribution in [1.82, 2.24) is 19.8 Å². The molecule has 2 saturated heterocycles. The number of rotatable bonds is 6. The fraction of sp³-hybridized carbons (Fsp3) is 0.333. The zero-order chi connectivity index (χ0) is 21.2. The Hall–Kier alpha value is -2.90. The van der Waals surface area contributed by atoms with Gasteiger partial charge in [-0.3, -0.25) is 4.98 Å². The zero-order valence-electron chi connectivity index (χ0n) is 17.5. The number of ether oxygens (including phenoxy) is 2. The number of nitrogens with one attached hydrogen (secondary N) is 1. The lowest BCUT2D eigenvalue weighted by Crippen LogP contribution is -2.36. The van der Waals surface area contributed by atoms with Crippen molar-refractivity contribution in [2.24, 2.45) is 0 Å². The van der Waals surface area contributed by atoms with E-state index in [0.717, 1.165) is 53.9 Å². The van der Waals surface area contributed by atoms with E-state index in [9.17, 15) is 0 Å². The van der Waals surface area contributed by atoms with Gasteiger partial charge in [-0.2, -0.15) is 0 Å². The Morgan fingerprint density at radius 2 is 2.03 bits per heavy atom. The van der Waals surface area contributed by atoms with Crippen molar-refractivity contribution in [1.29, 1.82) is 0 Å². The van der Waals surface area contributed by atoms with E-state index in [2.05, 4.69) is 50.2 Å². The van der Waals surface area contributed by atoms with Crippen LogP contribution >= 0.6 is 12.2 Å². The van der Waals surface area contributed by atoms with E-state index in [4.69, 9.17) is 21.7 Å². The van der Waals surface area contributed by atoms with Crippen molar-refractivity contribution in [3.63, 3.8) is 0 Å². The highest BCUT2D eigenvalue weighted by Gasteiger charge is 2.42. The fourth-order valence-electron chi connectivity index (χ4n) is 4.61. The highest BCUT2D eigenvalue weighted by atomic mass is 32.1. The first-order valence-corrected chi connectivity index (χ1v) is 11.1. The molecule has 3 aromatic rings. The minimum atomic E-state index is -0.0570. The summed E-state index contributed by atoms with van der Waals surface area (Å²) in [6, 6.07) is 18.2. The minimum Gasteiger partial charge on any atom is -0.495 e. The van der Waals surface area contributed by atoms with Gasteiger partial charge < -0.3 is 24.3 Å². The topological polar surface area (TPSA) is 51.5 Å². The standard InChI is InChI=1S/C24H26N4O2S/c1-29-21-12-3-2-10-19(21)27-14-6-11-20(27)23-22(18-9-4-5-13-25-18)26-24(31)28(23)16-17-8-7-15-30-17/h2-6,9-14,17,22-23H,7-8,15-16H2,1H3,(H,26,31)/t17-,22+,23-/m0/s1. The molecular formula is C24H26N4O2S. The van der Waals surface area contributed by atoms with Crippen LogP contribution in [0, 0.1) is 0 Å². The van der Waals surface area contributed by atoms with Gasteiger partial charge in [0.2, 0.25) is 0 Å². The Kier molecular flexibility index (Phi) is 5.61. The van der Waals surface area contributed by atoms with E-state index in [0.29, 0.717) is 0 Å². The lowest BCUT2D eigenvalue weighted by atomic mass is 10.0. The molecule has 0 aliphatic carbocycles. The minimum absolute atomic E-state index is 0.0217. The van der Waals surface area contributed by atoms with Gasteiger partial charge in [-0.25, -0.2) is 0 Å². The predicted octanol–water partition coefficient (Wildman–Crippen LogP) is 4.03. The summed E-state index contributed by atoms with van der Waals surface area (Å²) in [5.41, 5.74) is 3.10. The van der Waals surface area contributed by atoms with E-state index in [1.807, 2.05) is 36.5 Å². The van der Waals surface area contributed by atoms with Crippen LogP contribution < -0.4 is 10.1 Å². The SMILES string of the molecule is COc1ccccc1-n1cccc1[C@H]1[C@@H](c2ccccn2)NC(=S)N1C[C@@H]1CCCO1. The highest BCUT2D eigenvalue weighted by molar-refractivity contribution is 7.80. The normalized spacial score (nSPS) is 23.2. The maximum atomic E-state index is 5.95. The molecule has 160 valence electrons. The molecule has 1 aromatic carbocycles. The summed E-state index contributed by atoms with van der Waals surface area (Å²) < 4.78 is 13.8. The van der Waals surface area contributed by atoms with Crippen LogP contribution in [-0.4, -0.2) is 45.9 Å². The summed E-state index contributed by atoms with van der Waals surface area (Å²) in [6.07, 6.45) is 6.27. The molecule has 0 radical (unpaired) electrons. The van der Waals surface area contributed by atoms with Gasteiger partial charge in [-0.1, -0.05) is 18.2 Å². The predicted molar refractivity (Wildman–Crippen MR) is 123 cm³/mol. The summed E-state index contributed by atoms with van der Waals surface area (Å²) in [4.78, 5) is 6.91. The summed E-state index contributed by atoms with van der Waals surface area (Å²) in [7, 11) is 1.70. The summed E-state index contributed by atoms with van der Waals surface area (Å²) in [6.45, 7) is 1.58. The van der Waals surface area contributed by atoms with Crippen LogP contribution in [0.1, 0.15) is 36.3 Å². The van der Waals surface area contributed by atoms with E-state index < -0.39 is 0 Å². The average Bonchev–Trinajstić information content (AvgIpc) is 3.56. The molecule has 6 nitrogen and oxygen atoms in total. The number of benzene rings is 1. The number of hydrogen-bond acceptors (Lipinski definition) is 4. The molecule has 2 fully saturated rings. The first kappa shape index (κ1) is 20.0. The molecule has 2 aliphatic rings. The van der Waals surface area contributed by atoms with Crippen molar-refractivity contribution in [3.05, 3.63) is 78.4 Å². The van der Waals surface area contributed by atoms with Crippen LogP contribution in [0.5, 0.6) is 5.75 Å². The smallest absolute Gasteiger partial charge is 0.170 e. The first-order valence-electron chi connectivity index (χ1n) is 10.7. The number of thiocarbonyl (C=S) groups is 1. The fourth-order valence-corrected chi connectivity index (χ4v) is 4.93. The number of para-hydroxylation sites is 2. The third-order valence-electron chi connectivity index (χ3n) is 6.05. The van der Waals surface area contributed by atoms with Gasteiger partial charge in [0, 0.05) is 31.2 Å². The van der Waals surface area contributed by atoms with Gasteiger partial charge in [0.25, 0.3) is 0 Å². The number of aromatic nitrogens is 2. The molecule has 31 heavy (non-hydrogen) atoms. The van der Waals surface area contributed by atoms with Crippen LogP contribution in [0.4, 0.5) is 0 Å². The molecule has 0 saturated carbocycles. The Balaban J connectivity index is 1.59. The molecule has 1 N–H and O–H groups in total. The van der Waals surface area contributed by atoms with E-state index in [1.165, 1.54) is 0 Å². The van der Waals surface area contributed by atoms with Crippen molar-refractivity contribution in [2.75, 3.05) is 20.3 Å². The lowest BCUT2D eigenvalue weighted by molar-refractivity contribution is 0.0836. The first-order chi connectivity index (χ1) is 15.3. The summed E-state index contributed by atoms with van der Waals surface area (Å²) in [5, 5.41) is 4.27. The molecule has 7 heteroatoms.